The van der Waals surface area contributed by atoms with Crippen LogP contribution in [0.25, 0.3) is 0 Å². The van der Waals surface area contributed by atoms with Gasteiger partial charge in [-0.15, -0.1) is 0 Å². The zero-order valence-corrected chi connectivity index (χ0v) is 12.6. The van der Waals surface area contributed by atoms with Crippen LogP contribution in [0.3, 0.4) is 0 Å². The third kappa shape index (κ3) is 3.06. The molecular formula is C15H16FNO3S. The van der Waals surface area contributed by atoms with Gasteiger partial charge >= 0.3 is 0 Å². The molecule has 0 saturated carbocycles. The molecule has 0 amide bonds. The topological polar surface area (TPSA) is 57.6 Å². The largest absolute Gasteiger partial charge is 0.392 e. The lowest BCUT2D eigenvalue weighted by Crippen LogP contribution is -2.27. The van der Waals surface area contributed by atoms with Gasteiger partial charge in [0.2, 0.25) is 0 Å². The number of nitrogens with zero attached hydrogens (tertiary/aromatic N) is 1. The number of aliphatic hydroxyl groups excluding tert-OH is 1. The molecule has 112 valence electrons. The van der Waals surface area contributed by atoms with Crippen molar-refractivity contribution in [2.45, 2.75) is 18.4 Å². The quantitative estimate of drug-likeness (QED) is 0.944. The first kappa shape index (κ1) is 15.5. The molecule has 0 heterocycles. The molecule has 0 fully saturated rings. The minimum absolute atomic E-state index is 0.340. The zero-order valence-electron chi connectivity index (χ0n) is 11.7. The minimum Gasteiger partial charge on any atom is -0.392 e. The number of anilines is 1. The van der Waals surface area contributed by atoms with E-state index in [1.54, 1.807) is 18.2 Å². The number of hydrogen-bond donors (Lipinski definition) is 1. The number of sulfonamides is 1. The molecular weight excluding hydrogens is 293 g/mol. The fraction of sp³-hybridized carbons (Fsp3) is 0.200. The van der Waals surface area contributed by atoms with Crippen molar-refractivity contribution in [1.82, 2.24) is 0 Å². The van der Waals surface area contributed by atoms with Gasteiger partial charge in [0.05, 0.1) is 12.3 Å². The maximum atomic E-state index is 13.9. The molecule has 2 rings (SSSR count). The lowest BCUT2D eigenvalue weighted by atomic mass is 10.2. The molecule has 0 aliphatic rings. The standard InChI is InChI=1S/C15H16FNO3S/c1-11-4-3-5-13(8-11)17(2)21(19,20)15-9-12(10-18)6-7-14(15)16/h3-9,18H,10H2,1-2H3. The molecule has 0 aromatic heterocycles. The summed E-state index contributed by atoms with van der Waals surface area (Å²) in [7, 11) is -2.65. The summed E-state index contributed by atoms with van der Waals surface area (Å²) < 4.78 is 40.0. The maximum Gasteiger partial charge on any atom is 0.266 e. The van der Waals surface area contributed by atoms with Crippen LogP contribution in [-0.4, -0.2) is 20.6 Å². The number of aryl methyl sites for hydroxylation is 1. The van der Waals surface area contributed by atoms with Gasteiger partial charge in [-0.1, -0.05) is 18.2 Å². The molecule has 0 unspecified atom stereocenters. The summed E-state index contributed by atoms with van der Waals surface area (Å²) in [6.07, 6.45) is 0. The Balaban J connectivity index is 2.51. The van der Waals surface area contributed by atoms with E-state index in [0.29, 0.717) is 11.3 Å². The Bertz CT molecular complexity index is 759. The average molecular weight is 309 g/mol. The maximum absolute atomic E-state index is 13.9. The number of rotatable bonds is 4. The summed E-state index contributed by atoms with van der Waals surface area (Å²) >= 11 is 0. The third-order valence-electron chi connectivity index (χ3n) is 3.18. The molecule has 0 saturated heterocycles. The highest BCUT2D eigenvalue weighted by Gasteiger charge is 2.25. The second kappa shape index (κ2) is 5.83. The van der Waals surface area contributed by atoms with Crippen molar-refractivity contribution in [2.24, 2.45) is 0 Å². The van der Waals surface area contributed by atoms with Gasteiger partial charge in [-0.2, -0.15) is 0 Å². The van der Waals surface area contributed by atoms with Crippen LogP contribution in [0.15, 0.2) is 47.4 Å². The summed E-state index contributed by atoms with van der Waals surface area (Å²) in [4.78, 5) is -0.446. The van der Waals surface area contributed by atoms with E-state index in [9.17, 15) is 12.8 Å². The van der Waals surface area contributed by atoms with E-state index in [0.717, 1.165) is 22.0 Å². The van der Waals surface area contributed by atoms with Gasteiger partial charge in [0.25, 0.3) is 10.0 Å². The van der Waals surface area contributed by atoms with Crippen molar-refractivity contribution in [3.05, 3.63) is 59.4 Å². The van der Waals surface area contributed by atoms with E-state index >= 15 is 0 Å². The molecule has 2 aromatic rings. The summed E-state index contributed by atoms with van der Waals surface area (Å²) in [5.41, 5.74) is 1.69. The fourth-order valence-electron chi connectivity index (χ4n) is 1.95. The van der Waals surface area contributed by atoms with Crippen LogP contribution in [0.4, 0.5) is 10.1 Å². The monoisotopic (exact) mass is 309 g/mol. The van der Waals surface area contributed by atoms with E-state index in [4.69, 9.17) is 5.11 Å². The minimum atomic E-state index is -4.02. The van der Waals surface area contributed by atoms with Gasteiger partial charge in [-0.3, -0.25) is 4.31 Å². The van der Waals surface area contributed by atoms with Crippen molar-refractivity contribution in [2.75, 3.05) is 11.4 Å². The molecule has 21 heavy (non-hydrogen) atoms. The summed E-state index contributed by atoms with van der Waals surface area (Å²) in [6, 6.07) is 10.5. The molecule has 4 nitrogen and oxygen atoms in total. The molecule has 0 radical (unpaired) electrons. The Morgan fingerprint density at radius 3 is 2.52 bits per heavy atom. The van der Waals surface area contributed by atoms with Crippen molar-refractivity contribution in [3.8, 4) is 0 Å². The van der Waals surface area contributed by atoms with E-state index < -0.39 is 20.7 Å². The van der Waals surface area contributed by atoms with Gasteiger partial charge in [0.15, 0.2) is 0 Å². The zero-order chi connectivity index (χ0) is 15.6. The molecule has 0 spiro atoms. The Morgan fingerprint density at radius 2 is 1.90 bits per heavy atom. The number of halogens is 1. The van der Waals surface area contributed by atoms with E-state index in [1.807, 2.05) is 13.0 Å². The first-order valence-corrected chi connectivity index (χ1v) is 7.75. The van der Waals surface area contributed by atoms with Crippen LogP contribution in [0.5, 0.6) is 0 Å². The van der Waals surface area contributed by atoms with Crippen molar-refractivity contribution in [3.63, 3.8) is 0 Å². The SMILES string of the molecule is Cc1cccc(N(C)S(=O)(=O)c2cc(CO)ccc2F)c1. The number of aliphatic hydroxyl groups is 1. The van der Waals surface area contributed by atoms with Crippen LogP contribution in [0.2, 0.25) is 0 Å². The summed E-state index contributed by atoms with van der Waals surface area (Å²) in [6.45, 7) is 1.49. The lowest BCUT2D eigenvalue weighted by molar-refractivity contribution is 0.281. The van der Waals surface area contributed by atoms with Gasteiger partial charge < -0.3 is 5.11 Å². The van der Waals surface area contributed by atoms with Crippen LogP contribution in [0, 0.1) is 12.7 Å². The van der Waals surface area contributed by atoms with Crippen LogP contribution in [0.1, 0.15) is 11.1 Å². The Labute approximate surface area is 123 Å². The molecule has 0 bridgehead atoms. The predicted octanol–water partition coefficient (Wildman–Crippen LogP) is 2.45. The first-order chi connectivity index (χ1) is 9.86. The second-order valence-corrected chi connectivity index (χ2v) is 6.67. The average Bonchev–Trinajstić information content (AvgIpc) is 2.46. The lowest BCUT2D eigenvalue weighted by Gasteiger charge is -2.20. The molecule has 1 N–H and O–H groups in total. The van der Waals surface area contributed by atoms with Crippen LogP contribution >= 0.6 is 0 Å². The fourth-order valence-corrected chi connectivity index (χ4v) is 3.25. The Kier molecular flexibility index (Phi) is 4.29. The third-order valence-corrected chi connectivity index (χ3v) is 4.98. The molecule has 0 atom stereocenters. The first-order valence-electron chi connectivity index (χ1n) is 6.31. The number of hydrogen-bond acceptors (Lipinski definition) is 3. The highest BCUT2D eigenvalue weighted by atomic mass is 32.2. The summed E-state index contributed by atoms with van der Waals surface area (Å²) in [5.74, 6) is -0.841. The smallest absolute Gasteiger partial charge is 0.266 e. The van der Waals surface area contributed by atoms with Gasteiger partial charge in [-0.05, 0) is 42.3 Å². The Morgan fingerprint density at radius 1 is 1.19 bits per heavy atom. The predicted molar refractivity (Wildman–Crippen MR) is 79.1 cm³/mol. The van der Waals surface area contributed by atoms with E-state index in [-0.39, 0.29) is 6.61 Å². The normalized spacial score (nSPS) is 11.4. The van der Waals surface area contributed by atoms with Gasteiger partial charge in [-0.25, -0.2) is 12.8 Å². The van der Waals surface area contributed by atoms with E-state index in [1.165, 1.54) is 13.1 Å². The van der Waals surface area contributed by atoms with Crippen LogP contribution in [-0.2, 0) is 16.6 Å². The summed E-state index contributed by atoms with van der Waals surface area (Å²) in [5, 5.41) is 9.08. The van der Waals surface area contributed by atoms with Gasteiger partial charge in [0.1, 0.15) is 10.7 Å². The highest BCUT2D eigenvalue weighted by Crippen LogP contribution is 2.25. The Hall–Kier alpha value is -1.92. The molecule has 6 heteroatoms. The van der Waals surface area contributed by atoms with Crippen molar-refractivity contribution >= 4 is 15.7 Å². The van der Waals surface area contributed by atoms with E-state index in [2.05, 4.69) is 0 Å². The number of benzene rings is 2. The molecule has 2 aromatic carbocycles. The van der Waals surface area contributed by atoms with Crippen molar-refractivity contribution in [1.29, 1.82) is 0 Å². The highest BCUT2D eigenvalue weighted by molar-refractivity contribution is 7.92. The molecule has 0 aliphatic carbocycles. The van der Waals surface area contributed by atoms with Gasteiger partial charge in [0, 0.05) is 7.05 Å². The van der Waals surface area contributed by atoms with Crippen LogP contribution < -0.4 is 4.31 Å². The van der Waals surface area contributed by atoms with Crippen molar-refractivity contribution < 1.29 is 17.9 Å². The molecule has 0 aliphatic heterocycles. The second-order valence-electron chi connectivity index (χ2n) is 4.73.